The molecule has 1 unspecified atom stereocenters. The third-order valence-corrected chi connectivity index (χ3v) is 5.33. The number of carbonyl (C=O) groups excluding carboxylic acids is 2. The predicted octanol–water partition coefficient (Wildman–Crippen LogP) is 2.48. The number of benzene rings is 1. The summed E-state index contributed by atoms with van der Waals surface area (Å²) in [6.45, 7) is 4.60. The van der Waals surface area contributed by atoms with Gasteiger partial charge in [0.1, 0.15) is 17.3 Å². The van der Waals surface area contributed by atoms with Crippen molar-refractivity contribution in [2.24, 2.45) is 0 Å². The fourth-order valence-electron chi connectivity index (χ4n) is 3.84. The summed E-state index contributed by atoms with van der Waals surface area (Å²) in [6.07, 6.45) is 2.16. The molecule has 1 fully saturated rings. The number of likely N-dealkylation sites (tertiary alicyclic amines) is 1. The monoisotopic (exact) mass is 424 g/mol. The van der Waals surface area contributed by atoms with Crippen molar-refractivity contribution in [1.82, 2.24) is 19.8 Å². The van der Waals surface area contributed by atoms with Crippen molar-refractivity contribution in [2.45, 2.75) is 26.3 Å². The smallest absolute Gasteiger partial charge is 0.295 e. The van der Waals surface area contributed by atoms with Gasteiger partial charge < -0.3 is 19.6 Å². The van der Waals surface area contributed by atoms with Gasteiger partial charge in [0.25, 0.3) is 11.7 Å². The summed E-state index contributed by atoms with van der Waals surface area (Å²) < 4.78 is 5.51. The summed E-state index contributed by atoms with van der Waals surface area (Å²) in [6, 6.07) is 6.45. The molecule has 1 aliphatic heterocycles. The minimum absolute atomic E-state index is 0.0231. The molecule has 2 heterocycles. The largest absolute Gasteiger partial charge is 0.507 e. The van der Waals surface area contributed by atoms with Crippen LogP contribution in [0.15, 0.2) is 36.0 Å². The van der Waals surface area contributed by atoms with E-state index in [1.54, 1.807) is 26.0 Å². The molecule has 0 aliphatic carbocycles. The number of aliphatic hydroxyl groups excluding tert-OH is 1. The number of methoxy groups -OCH3 is 1. The van der Waals surface area contributed by atoms with Crippen LogP contribution in [0, 0.1) is 13.8 Å². The van der Waals surface area contributed by atoms with Crippen molar-refractivity contribution >= 4 is 17.4 Å². The molecule has 0 bridgehead atoms. The van der Waals surface area contributed by atoms with E-state index in [0.29, 0.717) is 41.4 Å². The average Bonchev–Trinajstić information content (AvgIpc) is 2.98. The number of ether oxygens (including phenoxy) is 1. The standard InChI is InChI=1S/C23H28N4O4/c1-14-17(13-24-15(2)25-14)21(28)19-20(16-9-6-7-10-18(16)31-5)27(23(30)22(19)29)12-8-11-26(3)4/h6-7,9-10,13,20,28H,8,11-12H2,1-5H3. The number of para-hydroxylation sites is 1. The normalized spacial score (nSPS) is 18.1. The van der Waals surface area contributed by atoms with Crippen LogP contribution in [0.5, 0.6) is 5.75 Å². The molecule has 0 spiro atoms. The Morgan fingerprint density at radius 2 is 1.94 bits per heavy atom. The van der Waals surface area contributed by atoms with Crippen molar-refractivity contribution in [1.29, 1.82) is 0 Å². The SMILES string of the molecule is COc1ccccc1C1C(=C(O)c2cnc(C)nc2C)C(=O)C(=O)N1CCCN(C)C. The van der Waals surface area contributed by atoms with Crippen LogP contribution in [0.1, 0.15) is 35.1 Å². The third kappa shape index (κ3) is 4.44. The maximum atomic E-state index is 13.1. The van der Waals surface area contributed by atoms with Crippen molar-refractivity contribution in [3.8, 4) is 5.75 Å². The zero-order chi connectivity index (χ0) is 22.7. The van der Waals surface area contributed by atoms with Crippen LogP contribution in [0.4, 0.5) is 0 Å². The molecule has 8 nitrogen and oxygen atoms in total. The molecular weight excluding hydrogens is 396 g/mol. The first-order valence-corrected chi connectivity index (χ1v) is 10.1. The highest BCUT2D eigenvalue weighted by molar-refractivity contribution is 6.46. The van der Waals surface area contributed by atoms with Crippen molar-refractivity contribution < 1.29 is 19.4 Å². The number of aryl methyl sites for hydroxylation is 2. The van der Waals surface area contributed by atoms with Gasteiger partial charge in [-0.05, 0) is 47.0 Å². The van der Waals surface area contributed by atoms with E-state index in [1.165, 1.54) is 18.2 Å². The zero-order valence-electron chi connectivity index (χ0n) is 18.5. The van der Waals surface area contributed by atoms with E-state index >= 15 is 0 Å². The number of carbonyl (C=O) groups is 2. The molecular formula is C23H28N4O4. The zero-order valence-corrected chi connectivity index (χ0v) is 18.5. The maximum Gasteiger partial charge on any atom is 0.295 e. The van der Waals surface area contributed by atoms with Crippen molar-refractivity contribution in [2.75, 3.05) is 34.3 Å². The highest BCUT2D eigenvalue weighted by atomic mass is 16.5. The highest BCUT2D eigenvalue weighted by Gasteiger charge is 2.47. The Kier molecular flexibility index (Phi) is 6.70. The third-order valence-electron chi connectivity index (χ3n) is 5.33. The molecule has 1 atom stereocenters. The Morgan fingerprint density at radius 1 is 1.23 bits per heavy atom. The number of Topliss-reactive ketones (excluding diaryl/α,β-unsaturated/α-hetero) is 1. The van der Waals surface area contributed by atoms with E-state index in [2.05, 4.69) is 9.97 Å². The van der Waals surface area contributed by atoms with Crippen LogP contribution < -0.4 is 4.74 Å². The topological polar surface area (TPSA) is 95.9 Å². The van der Waals surface area contributed by atoms with Crippen LogP contribution in [-0.4, -0.2) is 70.9 Å². The number of amides is 1. The van der Waals surface area contributed by atoms with Gasteiger partial charge in [-0.25, -0.2) is 9.97 Å². The van der Waals surface area contributed by atoms with Crippen LogP contribution in [0.25, 0.3) is 5.76 Å². The Bertz CT molecular complexity index is 1030. The first-order chi connectivity index (χ1) is 14.8. The van der Waals surface area contributed by atoms with Crippen LogP contribution in [0.2, 0.25) is 0 Å². The van der Waals surface area contributed by atoms with Gasteiger partial charge in [0.05, 0.1) is 30.0 Å². The van der Waals surface area contributed by atoms with E-state index in [0.717, 1.165) is 6.54 Å². The Morgan fingerprint density at radius 3 is 2.58 bits per heavy atom. The predicted molar refractivity (Wildman–Crippen MR) is 117 cm³/mol. The number of rotatable bonds is 7. The molecule has 3 rings (SSSR count). The van der Waals surface area contributed by atoms with Gasteiger partial charge in [-0.1, -0.05) is 18.2 Å². The molecule has 31 heavy (non-hydrogen) atoms. The Hall–Kier alpha value is -3.26. The second-order valence-electron chi connectivity index (χ2n) is 7.81. The van der Waals surface area contributed by atoms with Gasteiger partial charge in [-0.2, -0.15) is 0 Å². The van der Waals surface area contributed by atoms with E-state index in [1.807, 2.05) is 31.1 Å². The molecule has 8 heteroatoms. The quantitative estimate of drug-likeness (QED) is 0.414. The first-order valence-electron chi connectivity index (χ1n) is 10.1. The van der Waals surface area contributed by atoms with E-state index < -0.39 is 17.7 Å². The molecule has 0 radical (unpaired) electrons. The fraction of sp³-hybridized carbons (Fsp3) is 0.391. The number of aliphatic hydroxyl groups is 1. The summed E-state index contributed by atoms with van der Waals surface area (Å²) in [5, 5.41) is 11.2. The van der Waals surface area contributed by atoms with Gasteiger partial charge in [-0.3, -0.25) is 9.59 Å². The summed E-state index contributed by atoms with van der Waals surface area (Å²) in [5.41, 5.74) is 1.52. The number of nitrogens with zero attached hydrogens (tertiary/aromatic N) is 4. The molecule has 2 aromatic rings. The minimum atomic E-state index is -0.765. The molecule has 1 aliphatic rings. The number of aromatic nitrogens is 2. The molecule has 1 aromatic carbocycles. The molecule has 164 valence electrons. The lowest BCUT2D eigenvalue weighted by atomic mass is 9.94. The van der Waals surface area contributed by atoms with E-state index in [9.17, 15) is 14.7 Å². The van der Waals surface area contributed by atoms with Gasteiger partial charge in [0, 0.05) is 18.3 Å². The van der Waals surface area contributed by atoms with Gasteiger partial charge >= 0.3 is 0 Å². The molecule has 1 N–H and O–H groups in total. The van der Waals surface area contributed by atoms with Crippen LogP contribution in [0.3, 0.4) is 0 Å². The van der Waals surface area contributed by atoms with Crippen LogP contribution in [-0.2, 0) is 9.59 Å². The van der Waals surface area contributed by atoms with Crippen molar-refractivity contribution in [3.63, 3.8) is 0 Å². The second kappa shape index (κ2) is 9.26. The van der Waals surface area contributed by atoms with Gasteiger partial charge in [0.2, 0.25) is 0 Å². The molecule has 1 saturated heterocycles. The lowest BCUT2D eigenvalue weighted by Gasteiger charge is -2.27. The molecule has 1 amide bonds. The Balaban J connectivity index is 2.17. The lowest BCUT2D eigenvalue weighted by Crippen LogP contribution is -2.32. The fourth-order valence-corrected chi connectivity index (χ4v) is 3.84. The van der Waals surface area contributed by atoms with E-state index in [4.69, 9.17) is 4.74 Å². The number of hydrogen-bond donors (Lipinski definition) is 1. The second-order valence-corrected chi connectivity index (χ2v) is 7.81. The summed E-state index contributed by atoms with van der Waals surface area (Å²) in [5.74, 6) is -0.545. The summed E-state index contributed by atoms with van der Waals surface area (Å²) >= 11 is 0. The van der Waals surface area contributed by atoms with Gasteiger partial charge in [0.15, 0.2) is 0 Å². The molecule has 1 aromatic heterocycles. The number of ketones is 1. The van der Waals surface area contributed by atoms with Gasteiger partial charge in [-0.15, -0.1) is 0 Å². The number of hydrogen-bond acceptors (Lipinski definition) is 7. The van der Waals surface area contributed by atoms with Crippen molar-refractivity contribution in [3.05, 3.63) is 58.7 Å². The lowest BCUT2D eigenvalue weighted by molar-refractivity contribution is -0.140. The summed E-state index contributed by atoms with van der Waals surface area (Å²) in [4.78, 5) is 38.0. The van der Waals surface area contributed by atoms with E-state index in [-0.39, 0.29) is 11.3 Å². The van der Waals surface area contributed by atoms with Crippen LogP contribution >= 0.6 is 0 Å². The maximum absolute atomic E-state index is 13.1. The highest BCUT2D eigenvalue weighted by Crippen LogP contribution is 2.42. The average molecular weight is 425 g/mol. The minimum Gasteiger partial charge on any atom is -0.507 e. The summed E-state index contributed by atoms with van der Waals surface area (Å²) in [7, 11) is 5.44. The first kappa shape index (κ1) is 22.4. The molecule has 0 saturated carbocycles. The Labute approximate surface area is 182 Å².